The van der Waals surface area contributed by atoms with Crippen LogP contribution < -0.4 is 11.3 Å². The fourth-order valence-corrected chi connectivity index (χ4v) is 2.79. The summed E-state index contributed by atoms with van der Waals surface area (Å²) in [6.45, 7) is 2.86. The number of hydrazine groups is 1. The maximum atomic E-state index is 5.39. The zero-order valence-electron chi connectivity index (χ0n) is 8.25. The highest BCUT2D eigenvalue weighted by Gasteiger charge is 2.15. The van der Waals surface area contributed by atoms with Gasteiger partial charge in [-0.3, -0.25) is 4.99 Å². The number of nitrogens with two attached hydrogens (primary N) is 1. The topological polar surface area (TPSA) is 50.4 Å². The molecule has 13 heavy (non-hydrogen) atoms. The van der Waals surface area contributed by atoms with Gasteiger partial charge in [-0.25, -0.2) is 5.84 Å². The fourth-order valence-electron chi connectivity index (χ4n) is 1.58. The van der Waals surface area contributed by atoms with Gasteiger partial charge >= 0.3 is 0 Å². The third-order valence-electron chi connectivity index (χ3n) is 2.34. The highest BCUT2D eigenvalue weighted by atomic mass is 32.2. The summed E-state index contributed by atoms with van der Waals surface area (Å²) in [5.41, 5.74) is 2.69. The fraction of sp³-hybridized carbons (Fsp3) is 0.889. The van der Waals surface area contributed by atoms with E-state index in [0.29, 0.717) is 0 Å². The molecule has 0 atom stereocenters. The molecule has 0 spiro atoms. The van der Waals surface area contributed by atoms with Crippen LogP contribution in [0.1, 0.15) is 26.2 Å². The Morgan fingerprint density at radius 2 is 2.23 bits per heavy atom. The lowest BCUT2D eigenvalue weighted by molar-refractivity contribution is 0.503. The number of hydrogen-bond acceptors (Lipinski definition) is 3. The largest absolute Gasteiger partial charge is 0.312 e. The Hall–Kier alpha value is -0.220. The predicted molar refractivity (Wildman–Crippen MR) is 60.0 cm³/mol. The standard InChI is InChI=1S/C9H19N3S/c1-2-11-9(12-10)7-8-3-5-13-6-4-8/h8H,2-7,10H2,1H3,(H,11,12). The van der Waals surface area contributed by atoms with Crippen LogP contribution in [0, 0.1) is 5.92 Å². The highest BCUT2D eigenvalue weighted by molar-refractivity contribution is 7.99. The predicted octanol–water partition coefficient (Wildman–Crippen LogP) is 1.40. The van der Waals surface area contributed by atoms with Crippen molar-refractivity contribution in [2.45, 2.75) is 26.2 Å². The molecule has 0 aromatic heterocycles. The second-order valence-electron chi connectivity index (χ2n) is 3.33. The molecule has 3 nitrogen and oxygen atoms in total. The molecule has 1 rings (SSSR count). The van der Waals surface area contributed by atoms with Crippen molar-refractivity contribution in [3.8, 4) is 0 Å². The van der Waals surface area contributed by atoms with Crippen LogP contribution in [0.3, 0.4) is 0 Å². The monoisotopic (exact) mass is 201 g/mol. The van der Waals surface area contributed by atoms with Crippen molar-refractivity contribution in [1.82, 2.24) is 5.43 Å². The van der Waals surface area contributed by atoms with Gasteiger partial charge in [-0.05, 0) is 37.2 Å². The minimum atomic E-state index is 0.794. The molecular weight excluding hydrogens is 182 g/mol. The van der Waals surface area contributed by atoms with Crippen LogP contribution in [0.15, 0.2) is 4.99 Å². The molecule has 1 aliphatic heterocycles. The van der Waals surface area contributed by atoms with E-state index in [1.807, 2.05) is 6.92 Å². The third kappa shape index (κ3) is 4.00. The Kier molecular flexibility index (Phi) is 5.23. The second kappa shape index (κ2) is 6.27. The van der Waals surface area contributed by atoms with Crippen LogP contribution in [0.5, 0.6) is 0 Å². The quantitative estimate of drug-likeness (QED) is 0.314. The zero-order chi connectivity index (χ0) is 9.52. The summed E-state index contributed by atoms with van der Waals surface area (Å²) in [6, 6.07) is 0. The summed E-state index contributed by atoms with van der Waals surface area (Å²) >= 11 is 2.06. The smallest absolute Gasteiger partial charge is 0.110 e. The summed E-state index contributed by atoms with van der Waals surface area (Å²) in [4.78, 5) is 4.31. The Balaban J connectivity index is 2.31. The molecule has 0 aliphatic carbocycles. The zero-order valence-corrected chi connectivity index (χ0v) is 9.07. The van der Waals surface area contributed by atoms with E-state index in [0.717, 1.165) is 24.7 Å². The van der Waals surface area contributed by atoms with E-state index in [1.165, 1.54) is 24.3 Å². The Morgan fingerprint density at radius 3 is 2.77 bits per heavy atom. The first-order valence-corrected chi connectivity index (χ1v) is 6.10. The van der Waals surface area contributed by atoms with E-state index in [9.17, 15) is 0 Å². The molecule has 4 heteroatoms. The van der Waals surface area contributed by atoms with Crippen molar-refractivity contribution in [1.29, 1.82) is 0 Å². The number of hydrogen-bond donors (Lipinski definition) is 2. The third-order valence-corrected chi connectivity index (χ3v) is 3.39. The van der Waals surface area contributed by atoms with E-state index in [-0.39, 0.29) is 0 Å². The maximum absolute atomic E-state index is 5.39. The minimum absolute atomic E-state index is 0.794. The molecule has 76 valence electrons. The van der Waals surface area contributed by atoms with Gasteiger partial charge in [-0.15, -0.1) is 0 Å². The molecule has 1 fully saturated rings. The van der Waals surface area contributed by atoms with Crippen molar-refractivity contribution in [2.24, 2.45) is 16.8 Å². The van der Waals surface area contributed by atoms with Gasteiger partial charge in [-0.1, -0.05) is 0 Å². The summed E-state index contributed by atoms with van der Waals surface area (Å²) in [5, 5.41) is 0. The van der Waals surface area contributed by atoms with Crippen LogP contribution >= 0.6 is 11.8 Å². The SMILES string of the molecule is CCN=C(CC1CCSCC1)NN. The van der Waals surface area contributed by atoms with E-state index < -0.39 is 0 Å². The average Bonchev–Trinajstić information content (AvgIpc) is 2.19. The van der Waals surface area contributed by atoms with E-state index >= 15 is 0 Å². The number of rotatable bonds is 3. The minimum Gasteiger partial charge on any atom is -0.312 e. The lowest BCUT2D eigenvalue weighted by Gasteiger charge is -2.21. The highest BCUT2D eigenvalue weighted by Crippen LogP contribution is 2.25. The average molecular weight is 201 g/mol. The van der Waals surface area contributed by atoms with Crippen molar-refractivity contribution >= 4 is 17.6 Å². The number of nitrogens with one attached hydrogen (secondary N) is 1. The Morgan fingerprint density at radius 1 is 1.54 bits per heavy atom. The van der Waals surface area contributed by atoms with Crippen molar-refractivity contribution in [3.63, 3.8) is 0 Å². The van der Waals surface area contributed by atoms with Crippen molar-refractivity contribution in [2.75, 3.05) is 18.1 Å². The number of nitrogens with zero attached hydrogens (tertiary/aromatic N) is 1. The molecule has 0 radical (unpaired) electrons. The van der Waals surface area contributed by atoms with Gasteiger partial charge in [0.05, 0.1) is 0 Å². The van der Waals surface area contributed by atoms with Gasteiger partial charge in [0.15, 0.2) is 0 Å². The normalized spacial score (nSPS) is 20.3. The Bertz CT molecular complexity index is 164. The number of thioether (sulfide) groups is 1. The summed E-state index contributed by atoms with van der Waals surface area (Å²) in [7, 11) is 0. The molecule has 0 amide bonds. The van der Waals surface area contributed by atoms with E-state index in [4.69, 9.17) is 5.84 Å². The van der Waals surface area contributed by atoms with Crippen LogP contribution in [0.25, 0.3) is 0 Å². The number of aliphatic imine (C=N–C) groups is 1. The molecule has 0 unspecified atom stereocenters. The van der Waals surface area contributed by atoms with Gasteiger partial charge in [0.25, 0.3) is 0 Å². The van der Waals surface area contributed by atoms with E-state index in [1.54, 1.807) is 0 Å². The van der Waals surface area contributed by atoms with E-state index in [2.05, 4.69) is 22.2 Å². The van der Waals surface area contributed by atoms with Crippen LogP contribution in [-0.4, -0.2) is 23.9 Å². The molecular formula is C9H19N3S. The lowest BCUT2D eigenvalue weighted by atomic mass is 9.98. The summed E-state index contributed by atoms with van der Waals surface area (Å²) < 4.78 is 0. The van der Waals surface area contributed by atoms with Gasteiger partial charge in [-0.2, -0.15) is 11.8 Å². The second-order valence-corrected chi connectivity index (χ2v) is 4.55. The van der Waals surface area contributed by atoms with Crippen LogP contribution in [0.4, 0.5) is 0 Å². The summed E-state index contributed by atoms with van der Waals surface area (Å²) in [6.07, 6.45) is 3.66. The molecule has 0 aromatic carbocycles. The molecule has 0 aromatic rings. The Labute approximate surface area is 84.5 Å². The van der Waals surface area contributed by atoms with Gasteiger partial charge < -0.3 is 5.43 Å². The molecule has 1 heterocycles. The van der Waals surface area contributed by atoms with Crippen LogP contribution in [0.2, 0.25) is 0 Å². The lowest BCUT2D eigenvalue weighted by Crippen LogP contribution is -2.32. The van der Waals surface area contributed by atoms with Crippen molar-refractivity contribution in [3.05, 3.63) is 0 Å². The van der Waals surface area contributed by atoms with Gasteiger partial charge in [0.1, 0.15) is 5.84 Å². The number of amidine groups is 1. The van der Waals surface area contributed by atoms with Crippen molar-refractivity contribution < 1.29 is 0 Å². The molecule has 1 saturated heterocycles. The molecule has 0 saturated carbocycles. The first kappa shape index (κ1) is 10.9. The molecule has 0 bridgehead atoms. The molecule has 3 N–H and O–H groups in total. The van der Waals surface area contributed by atoms with Gasteiger partial charge in [0, 0.05) is 13.0 Å². The van der Waals surface area contributed by atoms with Gasteiger partial charge in [0.2, 0.25) is 0 Å². The summed E-state index contributed by atoms with van der Waals surface area (Å²) in [5.74, 6) is 9.76. The molecule has 1 aliphatic rings. The maximum Gasteiger partial charge on any atom is 0.110 e. The van der Waals surface area contributed by atoms with Crippen LogP contribution in [-0.2, 0) is 0 Å². The first-order chi connectivity index (χ1) is 6.36. The first-order valence-electron chi connectivity index (χ1n) is 4.94.